The summed E-state index contributed by atoms with van der Waals surface area (Å²) in [4.78, 5) is 15.7. The minimum atomic E-state index is -0.820. The van der Waals surface area contributed by atoms with Crippen molar-refractivity contribution in [2.24, 2.45) is 17.3 Å². The van der Waals surface area contributed by atoms with E-state index < -0.39 is 5.97 Å². The molecule has 1 fully saturated rings. The topological polar surface area (TPSA) is 50.2 Å². The molecule has 4 atom stereocenters. The van der Waals surface area contributed by atoms with Crippen LogP contribution < -0.4 is 0 Å². The number of benzene rings is 1. The van der Waals surface area contributed by atoms with Crippen molar-refractivity contribution in [3.8, 4) is 0 Å². The molecule has 2 aromatic rings. The van der Waals surface area contributed by atoms with Crippen LogP contribution in [0.5, 0.6) is 0 Å². The van der Waals surface area contributed by atoms with Crippen LogP contribution in [0.25, 0.3) is 5.57 Å². The summed E-state index contributed by atoms with van der Waals surface area (Å²) < 4.78 is 0. The third-order valence-electron chi connectivity index (χ3n) is 7.90. The van der Waals surface area contributed by atoms with Crippen LogP contribution >= 0.6 is 0 Å². The van der Waals surface area contributed by atoms with E-state index in [4.69, 9.17) is 0 Å². The standard InChI is InChI=1S/C25H27NO2/c1-2-25-12-11-20-19-7-6-17(24(27)28)14-16(19)5-8-21(20)23(25)10-9-22(25)18-4-3-13-26-15-18/h3-4,6-7,9,13-15,20-21,23H,2,5,8,10-12H2,1H3,(H,27,28)/t20-,21-,23+,25-/m1/s1. The maximum atomic E-state index is 11.4. The number of aryl methyl sites for hydroxylation is 1. The zero-order chi connectivity index (χ0) is 19.3. The van der Waals surface area contributed by atoms with Gasteiger partial charge in [0.1, 0.15) is 0 Å². The van der Waals surface area contributed by atoms with E-state index in [1.54, 1.807) is 6.07 Å². The second-order valence-corrected chi connectivity index (χ2v) is 8.78. The molecule has 1 saturated carbocycles. The van der Waals surface area contributed by atoms with Crippen LogP contribution in [0.15, 0.2) is 48.8 Å². The van der Waals surface area contributed by atoms with E-state index in [-0.39, 0.29) is 5.41 Å². The second-order valence-electron chi connectivity index (χ2n) is 8.78. The summed E-state index contributed by atoms with van der Waals surface area (Å²) in [6, 6.07) is 10.1. The van der Waals surface area contributed by atoms with Gasteiger partial charge in [-0.3, -0.25) is 4.98 Å². The number of rotatable bonds is 3. The van der Waals surface area contributed by atoms with Gasteiger partial charge in [-0.1, -0.05) is 25.1 Å². The van der Waals surface area contributed by atoms with Gasteiger partial charge < -0.3 is 5.11 Å². The Bertz CT molecular complexity index is 948. The molecular weight excluding hydrogens is 346 g/mol. The monoisotopic (exact) mass is 373 g/mol. The molecule has 1 aromatic carbocycles. The van der Waals surface area contributed by atoms with Crippen molar-refractivity contribution in [1.82, 2.24) is 4.98 Å². The molecule has 0 aliphatic heterocycles. The molecule has 1 heterocycles. The first-order chi connectivity index (χ1) is 13.6. The Balaban J connectivity index is 1.49. The fraction of sp³-hybridized carbons (Fsp3) is 0.440. The van der Waals surface area contributed by atoms with Gasteiger partial charge in [0.05, 0.1) is 5.56 Å². The van der Waals surface area contributed by atoms with Crippen molar-refractivity contribution in [1.29, 1.82) is 0 Å². The van der Waals surface area contributed by atoms with Crippen molar-refractivity contribution >= 4 is 11.5 Å². The predicted octanol–water partition coefficient (Wildman–Crippen LogP) is 5.72. The molecule has 144 valence electrons. The highest BCUT2D eigenvalue weighted by Gasteiger charge is 2.53. The molecule has 0 bridgehead atoms. The SMILES string of the molecule is CC[C@]12CC[C@@H]3c4ccc(C(=O)O)cc4CC[C@H]3[C@@H]1CC=C2c1cccnc1. The lowest BCUT2D eigenvalue weighted by Gasteiger charge is -2.52. The Morgan fingerprint density at radius 2 is 2.18 bits per heavy atom. The van der Waals surface area contributed by atoms with Gasteiger partial charge in [-0.05, 0) is 102 Å². The van der Waals surface area contributed by atoms with Crippen LogP contribution in [0.1, 0.15) is 72.0 Å². The zero-order valence-electron chi connectivity index (χ0n) is 16.4. The maximum Gasteiger partial charge on any atom is 0.335 e. The van der Waals surface area contributed by atoms with Gasteiger partial charge >= 0.3 is 5.97 Å². The van der Waals surface area contributed by atoms with Gasteiger partial charge in [0.2, 0.25) is 0 Å². The highest BCUT2D eigenvalue weighted by molar-refractivity contribution is 5.88. The maximum absolute atomic E-state index is 11.4. The summed E-state index contributed by atoms with van der Waals surface area (Å²) >= 11 is 0. The molecule has 0 spiro atoms. The molecule has 3 heteroatoms. The van der Waals surface area contributed by atoms with E-state index in [1.165, 1.54) is 54.4 Å². The third kappa shape index (κ3) is 2.48. The van der Waals surface area contributed by atoms with Crippen molar-refractivity contribution in [3.63, 3.8) is 0 Å². The molecular formula is C25H27NO2. The van der Waals surface area contributed by atoms with Crippen LogP contribution in [0.4, 0.5) is 0 Å². The molecule has 1 N–H and O–H groups in total. The number of hydrogen-bond acceptors (Lipinski definition) is 2. The van der Waals surface area contributed by atoms with E-state index in [9.17, 15) is 9.90 Å². The Kier molecular flexibility index (Phi) is 4.15. The Morgan fingerprint density at radius 1 is 1.29 bits per heavy atom. The van der Waals surface area contributed by atoms with E-state index in [0.717, 1.165) is 6.42 Å². The quantitative estimate of drug-likeness (QED) is 0.748. The first-order valence-corrected chi connectivity index (χ1v) is 10.6. The third-order valence-corrected chi connectivity index (χ3v) is 7.90. The summed E-state index contributed by atoms with van der Waals surface area (Å²) in [5.74, 6) is 1.15. The van der Waals surface area contributed by atoms with E-state index in [2.05, 4.69) is 36.2 Å². The average Bonchev–Trinajstić information content (AvgIpc) is 3.13. The number of fused-ring (bicyclic) bond motifs is 5. The average molecular weight is 373 g/mol. The number of nitrogens with zero attached hydrogens (tertiary/aromatic N) is 1. The van der Waals surface area contributed by atoms with Crippen LogP contribution in [0.2, 0.25) is 0 Å². The van der Waals surface area contributed by atoms with E-state index in [0.29, 0.717) is 23.3 Å². The number of aromatic nitrogens is 1. The molecule has 28 heavy (non-hydrogen) atoms. The normalized spacial score (nSPS) is 30.8. The number of allylic oxidation sites excluding steroid dienone is 2. The fourth-order valence-corrected chi connectivity index (χ4v) is 6.67. The highest BCUT2D eigenvalue weighted by atomic mass is 16.4. The Hall–Kier alpha value is -2.42. The van der Waals surface area contributed by atoms with Crippen molar-refractivity contribution in [2.45, 2.75) is 51.4 Å². The first kappa shape index (κ1) is 17.7. The van der Waals surface area contributed by atoms with Crippen LogP contribution in [0, 0.1) is 17.3 Å². The molecule has 3 aliphatic carbocycles. The van der Waals surface area contributed by atoms with E-state index >= 15 is 0 Å². The minimum absolute atomic E-state index is 0.280. The largest absolute Gasteiger partial charge is 0.478 e. The van der Waals surface area contributed by atoms with Crippen molar-refractivity contribution in [2.75, 3.05) is 0 Å². The lowest BCUT2D eigenvalue weighted by molar-refractivity contribution is 0.0691. The number of carboxylic acid groups (broad SMARTS) is 1. The predicted molar refractivity (Wildman–Crippen MR) is 110 cm³/mol. The van der Waals surface area contributed by atoms with Crippen molar-refractivity contribution in [3.05, 3.63) is 71.1 Å². The van der Waals surface area contributed by atoms with Gasteiger partial charge in [-0.15, -0.1) is 0 Å². The smallest absolute Gasteiger partial charge is 0.335 e. The van der Waals surface area contributed by atoms with Crippen molar-refractivity contribution < 1.29 is 9.90 Å². The van der Waals surface area contributed by atoms with Gasteiger partial charge in [0, 0.05) is 12.4 Å². The highest BCUT2D eigenvalue weighted by Crippen LogP contribution is 2.64. The number of pyridine rings is 1. The van der Waals surface area contributed by atoms with Crippen LogP contribution in [0.3, 0.4) is 0 Å². The molecule has 5 rings (SSSR count). The summed E-state index contributed by atoms with van der Waals surface area (Å²) in [5.41, 5.74) is 6.22. The molecule has 0 unspecified atom stereocenters. The van der Waals surface area contributed by atoms with Gasteiger partial charge in [0.25, 0.3) is 0 Å². The minimum Gasteiger partial charge on any atom is -0.478 e. The number of carboxylic acids is 1. The zero-order valence-corrected chi connectivity index (χ0v) is 16.4. The molecule has 1 aromatic heterocycles. The van der Waals surface area contributed by atoms with E-state index in [1.807, 2.05) is 18.5 Å². The summed E-state index contributed by atoms with van der Waals surface area (Å²) in [7, 11) is 0. The molecule has 0 saturated heterocycles. The summed E-state index contributed by atoms with van der Waals surface area (Å²) in [6.07, 6.45) is 13.3. The van der Waals surface area contributed by atoms with Crippen LogP contribution in [-0.4, -0.2) is 16.1 Å². The Labute approximate surface area is 166 Å². The number of aromatic carboxylic acids is 1. The number of hydrogen-bond donors (Lipinski definition) is 1. The first-order valence-electron chi connectivity index (χ1n) is 10.6. The molecule has 0 radical (unpaired) electrons. The summed E-state index contributed by atoms with van der Waals surface area (Å²) in [5, 5.41) is 9.33. The fourth-order valence-electron chi connectivity index (χ4n) is 6.67. The molecule has 3 aliphatic rings. The lowest BCUT2D eigenvalue weighted by atomic mass is 9.52. The van der Waals surface area contributed by atoms with Gasteiger partial charge in [-0.25, -0.2) is 4.79 Å². The van der Waals surface area contributed by atoms with Gasteiger partial charge in [0.15, 0.2) is 0 Å². The number of carbonyl (C=O) groups is 1. The lowest BCUT2D eigenvalue weighted by Crippen LogP contribution is -2.42. The Morgan fingerprint density at radius 3 is 2.93 bits per heavy atom. The van der Waals surface area contributed by atoms with Crippen LogP contribution in [-0.2, 0) is 6.42 Å². The molecule has 3 nitrogen and oxygen atoms in total. The summed E-state index contributed by atoms with van der Waals surface area (Å²) in [6.45, 7) is 2.36. The van der Waals surface area contributed by atoms with Gasteiger partial charge in [-0.2, -0.15) is 0 Å². The second kappa shape index (κ2) is 6.58. The molecule has 0 amide bonds.